The summed E-state index contributed by atoms with van der Waals surface area (Å²) in [5.41, 5.74) is 4.39. The van der Waals surface area contributed by atoms with Crippen molar-refractivity contribution in [2.24, 2.45) is 5.10 Å². The minimum absolute atomic E-state index is 0.169. The lowest BCUT2D eigenvalue weighted by Crippen LogP contribution is -2.45. The van der Waals surface area contributed by atoms with Gasteiger partial charge in [0.25, 0.3) is 0 Å². The summed E-state index contributed by atoms with van der Waals surface area (Å²) in [5, 5.41) is 20.3. The number of hydrogen-bond acceptors (Lipinski definition) is 9. The van der Waals surface area contributed by atoms with Gasteiger partial charge in [-0.15, -0.1) is 0 Å². The SMILES string of the molecule is CCOc1cc([C@@H]2NC(=O)NC(C)=C2C(=O)OC)ccc1OC[C@@H](O)N/N=C\c1cc(Cl)c(OCC)c(Cl)c1. The van der Waals surface area contributed by atoms with E-state index in [1.165, 1.54) is 13.3 Å². The maximum atomic E-state index is 12.4. The van der Waals surface area contributed by atoms with Crippen LogP contribution in [0, 0.1) is 0 Å². The van der Waals surface area contributed by atoms with Gasteiger partial charge in [0.2, 0.25) is 0 Å². The monoisotopic (exact) mass is 580 g/mol. The van der Waals surface area contributed by atoms with Gasteiger partial charge < -0.3 is 34.7 Å². The van der Waals surface area contributed by atoms with Crippen LogP contribution < -0.4 is 30.3 Å². The standard InChI is InChI=1S/C26H30Cl2N4O7/c1-5-37-20-11-16(23-22(25(34)36-4)14(3)30-26(35)31-23)7-8-19(20)39-13-21(33)32-29-12-15-9-17(27)24(38-6-2)18(28)10-15/h7-12,21,23,32-33H,5-6,13H2,1-4H3,(H2,30,31,35)/b29-12-/t21-,23+/m1/s1. The van der Waals surface area contributed by atoms with Crippen molar-refractivity contribution in [1.82, 2.24) is 16.1 Å². The molecule has 1 aliphatic heterocycles. The van der Waals surface area contributed by atoms with Gasteiger partial charge in [-0.1, -0.05) is 29.3 Å². The Bertz CT molecular complexity index is 1250. The Morgan fingerprint density at radius 1 is 1.13 bits per heavy atom. The highest BCUT2D eigenvalue weighted by atomic mass is 35.5. The van der Waals surface area contributed by atoms with E-state index in [9.17, 15) is 14.7 Å². The number of amides is 2. The van der Waals surface area contributed by atoms with E-state index in [0.29, 0.717) is 57.3 Å². The van der Waals surface area contributed by atoms with Gasteiger partial charge in [0.15, 0.2) is 23.5 Å². The summed E-state index contributed by atoms with van der Waals surface area (Å²) in [5.74, 6) is 0.522. The molecule has 0 aromatic heterocycles. The fourth-order valence-corrected chi connectivity index (χ4v) is 4.37. The van der Waals surface area contributed by atoms with Gasteiger partial charge in [0.1, 0.15) is 6.61 Å². The number of hydrogen-bond donors (Lipinski definition) is 4. The molecule has 13 heteroatoms. The summed E-state index contributed by atoms with van der Waals surface area (Å²) in [6.45, 7) is 5.84. The van der Waals surface area contributed by atoms with Crippen LogP contribution in [0.1, 0.15) is 37.9 Å². The number of hydrazone groups is 1. The molecule has 3 rings (SSSR count). The van der Waals surface area contributed by atoms with Crippen LogP contribution >= 0.6 is 23.2 Å². The molecule has 210 valence electrons. The lowest BCUT2D eigenvalue weighted by Gasteiger charge is -2.28. The normalized spacial score (nSPS) is 15.9. The predicted octanol–water partition coefficient (Wildman–Crippen LogP) is 3.91. The molecule has 0 bridgehead atoms. The fourth-order valence-electron chi connectivity index (χ4n) is 3.76. The molecule has 2 amide bonds. The highest BCUT2D eigenvalue weighted by Crippen LogP contribution is 2.35. The molecule has 0 spiro atoms. The number of allylic oxidation sites excluding steroid dienone is 1. The maximum Gasteiger partial charge on any atom is 0.337 e. The molecule has 11 nitrogen and oxygen atoms in total. The molecular formula is C26H30Cl2N4O7. The number of urea groups is 1. The second kappa shape index (κ2) is 13.9. The summed E-state index contributed by atoms with van der Waals surface area (Å²) >= 11 is 12.4. The van der Waals surface area contributed by atoms with Gasteiger partial charge in [-0.25, -0.2) is 9.59 Å². The van der Waals surface area contributed by atoms with Crippen LogP contribution in [-0.4, -0.2) is 56.5 Å². The van der Waals surface area contributed by atoms with Crippen molar-refractivity contribution in [3.8, 4) is 17.2 Å². The maximum absolute atomic E-state index is 12.4. The van der Waals surface area contributed by atoms with Crippen molar-refractivity contribution in [2.75, 3.05) is 26.9 Å². The smallest absolute Gasteiger partial charge is 0.337 e. The van der Waals surface area contributed by atoms with Gasteiger partial charge in [-0.05, 0) is 56.2 Å². The third kappa shape index (κ3) is 7.69. The van der Waals surface area contributed by atoms with Crippen molar-refractivity contribution >= 4 is 41.4 Å². The number of nitrogens with zero attached hydrogens (tertiary/aromatic N) is 1. The minimum atomic E-state index is -1.16. The molecule has 2 aromatic carbocycles. The van der Waals surface area contributed by atoms with Crippen molar-refractivity contribution < 1.29 is 33.6 Å². The molecule has 0 aliphatic carbocycles. The number of aliphatic hydroxyl groups is 1. The lowest BCUT2D eigenvalue weighted by molar-refractivity contribution is -0.136. The highest BCUT2D eigenvalue weighted by molar-refractivity contribution is 6.37. The van der Waals surface area contributed by atoms with E-state index in [2.05, 4.69) is 21.2 Å². The van der Waals surface area contributed by atoms with E-state index >= 15 is 0 Å². The van der Waals surface area contributed by atoms with Crippen LogP contribution in [0.2, 0.25) is 10.0 Å². The Labute approximate surface area is 236 Å². The van der Waals surface area contributed by atoms with Crippen molar-refractivity contribution in [3.63, 3.8) is 0 Å². The summed E-state index contributed by atoms with van der Waals surface area (Å²) in [4.78, 5) is 24.5. The fraction of sp³-hybridized carbons (Fsp3) is 0.346. The molecule has 0 radical (unpaired) electrons. The number of carbonyl (C=O) groups excluding carboxylic acids is 2. The number of carbonyl (C=O) groups is 2. The van der Waals surface area contributed by atoms with E-state index in [4.69, 9.17) is 42.1 Å². The zero-order valence-corrected chi connectivity index (χ0v) is 23.4. The van der Waals surface area contributed by atoms with Crippen molar-refractivity contribution in [2.45, 2.75) is 33.0 Å². The van der Waals surface area contributed by atoms with Gasteiger partial charge in [0, 0.05) is 5.70 Å². The average molecular weight is 581 g/mol. The molecule has 2 aromatic rings. The summed E-state index contributed by atoms with van der Waals surface area (Å²) in [6, 6.07) is 7.02. The Kier molecular flexibility index (Phi) is 10.7. The zero-order valence-electron chi connectivity index (χ0n) is 21.8. The largest absolute Gasteiger partial charge is 0.491 e. The first-order valence-corrected chi connectivity index (χ1v) is 12.8. The second-order valence-corrected chi connectivity index (χ2v) is 8.98. The molecule has 0 saturated heterocycles. The first-order valence-electron chi connectivity index (χ1n) is 12.0. The number of halogens is 2. The number of aliphatic hydroxyl groups excluding tert-OH is 1. The second-order valence-electron chi connectivity index (χ2n) is 8.16. The van der Waals surface area contributed by atoms with E-state index in [-0.39, 0.29) is 12.2 Å². The van der Waals surface area contributed by atoms with Crippen molar-refractivity contribution in [1.29, 1.82) is 0 Å². The molecule has 0 fully saturated rings. The number of esters is 1. The van der Waals surface area contributed by atoms with E-state index < -0.39 is 24.3 Å². The number of rotatable bonds is 12. The van der Waals surface area contributed by atoms with Crippen LogP contribution in [0.3, 0.4) is 0 Å². The third-order valence-electron chi connectivity index (χ3n) is 5.42. The molecule has 4 N–H and O–H groups in total. The Morgan fingerprint density at radius 2 is 1.82 bits per heavy atom. The topological polar surface area (TPSA) is 140 Å². The number of benzene rings is 2. The number of ether oxygens (including phenoxy) is 4. The highest BCUT2D eigenvalue weighted by Gasteiger charge is 2.32. The van der Waals surface area contributed by atoms with Gasteiger partial charge in [0.05, 0.1) is 48.2 Å². The van der Waals surface area contributed by atoms with E-state index in [1.54, 1.807) is 44.2 Å². The van der Waals surface area contributed by atoms with Crippen LogP contribution in [-0.2, 0) is 9.53 Å². The molecule has 2 atom stereocenters. The van der Waals surface area contributed by atoms with E-state index in [0.717, 1.165) is 0 Å². The van der Waals surface area contributed by atoms with E-state index in [1.807, 2.05) is 6.92 Å². The van der Waals surface area contributed by atoms with Gasteiger partial charge >= 0.3 is 12.0 Å². The third-order valence-corrected chi connectivity index (χ3v) is 5.98. The summed E-state index contributed by atoms with van der Waals surface area (Å²) in [6.07, 6.45) is 0.281. The molecular weight excluding hydrogens is 551 g/mol. The summed E-state index contributed by atoms with van der Waals surface area (Å²) < 4.78 is 21.7. The minimum Gasteiger partial charge on any atom is -0.491 e. The summed E-state index contributed by atoms with van der Waals surface area (Å²) in [7, 11) is 1.27. The quantitative estimate of drug-likeness (QED) is 0.128. The first kappa shape index (κ1) is 29.9. The molecule has 39 heavy (non-hydrogen) atoms. The Balaban J connectivity index is 1.69. The van der Waals surface area contributed by atoms with Crippen molar-refractivity contribution in [3.05, 3.63) is 62.8 Å². The number of methoxy groups -OCH3 is 1. The Hall–Kier alpha value is -3.67. The predicted molar refractivity (Wildman–Crippen MR) is 147 cm³/mol. The van der Waals surface area contributed by atoms with Gasteiger partial charge in [-0.2, -0.15) is 5.10 Å². The zero-order chi connectivity index (χ0) is 28.5. The van der Waals surface area contributed by atoms with Crippen LogP contribution in [0.15, 0.2) is 46.7 Å². The number of nitrogens with one attached hydrogen (secondary N) is 3. The van der Waals surface area contributed by atoms with Crippen LogP contribution in [0.5, 0.6) is 17.2 Å². The van der Waals surface area contributed by atoms with Crippen LogP contribution in [0.4, 0.5) is 4.79 Å². The molecule has 1 heterocycles. The lowest BCUT2D eigenvalue weighted by atomic mass is 9.95. The average Bonchev–Trinajstić information content (AvgIpc) is 2.89. The Morgan fingerprint density at radius 3 is 2.46 bits per heavy atom. The van der Waals surface area contributed by atoms with Crippen LogP contribution in [0.25, 0.3) is 0 Å². The molecule has 1 aliphatic rings. The molecule has 0 unspecified atom stereocenters. The molecule has 0 saturated carbocycles. The van der Waals surface area contributed by atoms with Gasteiger partial charge in [-0.3, -0.25) is 5.43 Å². The first-order chi connectivity index (χ1) is 18.7.